The topological polar surface area (TPSA) is 76.1 Å². The third-order valence-corrected chi connectivity index (χ3v) is 4.34. The lowest BCUT2D eigenvalue weighted by Gasteiger charge is -2.17. The zero-order chi connectivity index (χ0) is 17.1. The number of rotatable bonds is 6. The van der Waals surface area contributed by atoms with E-state index < -0.39 is 0 Å². The number of hydrogen-bond acceptors (Lipinski definition) is 5. The fourth-order valence-electron chi connectivity index (χ4n) is 2.75. The number of hydrogen-bond donors (Lipinski definition) is 2. The average molecular weight is 326 g/mol. The fourth-order valence-corrected chi connectivity index (χ4v) is 2.75. The number of aliphatic hydroxyl groups is 1. The van der Waals surface area contributed by atoms with Crippen LogP contribution in [0.3, 0.4) is 0 Å². The molecule has 0 aliphatic heterocycles. The van der Waals surface area contributed by atoms with Gasteiger partial charge in [-0.15, -0.1) is 0 Å². The first-order chi connectivity index (χ1) is 11.6. The number of aromatic nitrogens is 3. The molecule has 6 nitrogen and oxygen atoms in total. The molecule has 0 aliphatic rings. The van der Waals surface area contributed by atoms with Crippen molar-refractivity contribution < 1.29 is 9.63 Å². The van der Waals surface area contributed by atoms with E-state index in [0.29, 0.717) is 6.54 Å². The Kier molecular flexibility index (Phi) is 4.78. The first kappa shape index (κ1) is 16.4. The van der Waals surface area contributed by atoms with Crippen molar-refractivity contribution in [1.29, 1.82) is 0 Å². The Hall–Kier alpha value is -2.44. The molecule has 3 aromatic rings. The van der Waals surface area contributed by atoms with Gasteiger partial charge >= 0.3 is 0 Å². The van der Waals surface area contributed by atoms with Gasteiger partial charge in [0.05, 0.1) is 25.4 Å². The van der Waals surface area contributed by atoms with Crippen LogP contribution in [0.1, 0.15) is 28.6 Å². The molecule has 126 valence electrons. The molecule has 24 heavy (non-hydrogen) atoms. The summed E-state index contributed by atoms with van der Waals surface area (Å²) in [4.78, 5) is 0. The van der Waals surface area contributed by atoms with Gasteiger partial charge in [0.25, 0.3) is 0 Å². The quantitative estimate of drug-likeness (QED) is 0.728. The maximum atomic E-state index is 9.68. The van der Waals surface area contributed by atoms with E-state index in [9.17, 15) is 5.11 Å². The van der Waals surface area contributed by atoms with Crippen LogP contribution in [-0.2, 0) is 13.6 Å². The Bertz CT molecular complexity index is 822. The summed E-state index contributed by atoms with van der Waals surface area (Å²) in [6.07, 6.45) is 1.79. The van der Waals surface area contributed by atoms with Gasteiger partial charge in [-0.1, -0.05) is 29.4 Å². The number of benzene rings is 1. The SMILES string of the molecule is Cc1ccccc1C(CO)NCc1cc(-c2cnn(C)c2C)no1. The van der Waals surface area contributed by atoms with Gasteiger partial charge in [-0.05, 0) is 25.0 Å². The lowest BCUT2D eigenvalue weighted by Crippen LogP contribution is -2.24. The monoisotopic (exact) mass is 326 g/mol. The molecule has 6 heteroatoms. The van der Waals surface area contributed by atoms with Crippen LogP contribution in [0.2, 0.25) is 0 Å². The molecule has 2 aromatic heterocycles. The fraction of sp³-hybridized carbons (Fsp3) is 0.333. The largest absolute Gasteiger partial charge is 0.394 e. The normalized spacial score (nSPS) is 12.5. The lowest BCUT2D eigenvalue weighted by molar-refractivity contribution is 0.238. The molecule has 0 spiro atoms. The van der Waals surface area contributed by atoms with Crippen molar-refractivity contribution in [3.05, 3.63) is 59.1 Å². The summed E-state index contributed by atoms with van der Waals surface area (Å²) in [6.45, 7) is 4.55. The molecular formula is C18H22N4O2. The summed E-state index contributed by atoms with van der Waals surface area (Å²) < 4.78 is 7.22. The lowest BCUT2D eigenvalue weighted by atomic mass is 10.0. The van der Waals surface area contributed by atoms with E-state index in [-0.39, 0.29) is 12.6 Å². The van der Waals surface area contributed by atoms with Gasteiger partial charge in [0.2, 0.25) is 0 Å². The second kappa shape index (κ2) is 6.98. The maximum absolute atomic E-state index is 9.68. The standard InChI is InChI=1S/C18H22N4O2/c1-12-6-4-5-7-15(12)18(11-23)19-9-14-8-17(21-24-14)16-10-20-22(3)13(16)2/h4-8,10,18-19,23H,9,11H2,1-3H3. The van der Waals surface area contributed by atoms with Gasteiger partial charge in [-0.25, -0.2) is 0 Å². The van der Waals surface area contributed by atoms with E-state index in [1.807, 2.05) is 55.9 Å². The van der Waals surface area contributed by atoms with Crippen LogP contribution in [0.4, 0.5) is 0 Å². The van der Waals surface area contributed by atoms with Crippen molar-refractivity contribution >= 4 is 0 Å². The molecule has 1 unspecified atom stereocenters. The van der Waals surface area contributed by atoms with Gasteiger partial charge in [0.15, 0.2) is 5.76 Å². The highest BCUT2D eigenvalue weighted by molar-refractivity contribution is 5.60. The molecule has 0 amide bonds. The van der Waals surface area contributed by atoms with Crippen molar-refractivity contribution in [3.63, 3.8) is 0 Å². The molecule has 0 fully saturated rings. The van der Waals surface area contributed by atoms with Crippen LogP contribution in [0, 0.1) is 13.8 Å². The predicted molar refractivity (Wildman–Crippen MR) is 91.3 cm³/mol. The van der Waals surface area contributed by atoms with E-state index in [4.69, 9.17) is 4.52 Å². The van der Waals surface area contributed by atoms with E-state index in [2.05, 4.69) is 15.6 Å². The summed E-state index contributed by atoms with van der Waals surface area (Å²) in [5.74, 6) is 0.722. The van der Waals surface area contributed by atoms with Crippen molar-refractivity contribution in [3.8, 4) is 11.3 Å². The Balaban J connectivity index is 1.71. The second-order valence-electron chi connectivity index (χ2n) is 5.92. The van der Waals surface area contributed by atoms with Gasteiger partial charge in [0, 0.05) is 24.4 Å². The smallest absolute Gasteiger partial charge is 0.151 e. The van der Waals surface area contributed by atoms with Crippen LogP contribution in [-0.4, -0.2) is 26.7 Å². The van der Waals surface area contributed by atoms with Crippen molar-refractivity contribution in [2.75, 3.05) is 6.61 Å². The first-order valence-corrected chi connectivity index (χ1v) is 7.94. The molecule has 0 saturated carbocycles. The minimum Gasteiger partial charge on any atom is -0.394 e. The van der Waals surface area contributed by atoms with E-state index in [1.165, 1.54) is 0 Å². The van der Waals surface area contributed by atoms with Crippen LogP contribution in [0.25, 0.3) is 11.3 Å². The molecule has 2 N–H and O–H groups in total. The molecule has 0 radical (unpaired) electrons. The maximum Gasteiger partial charge on any atom is 0.151 e. The molecule has 1 aromatic carbocycles. The van der Waals surface area contributed by atoms with Gasteiger partial charge in [-0.3, -0.25) is 4.68 Å². The van der Waals surface area contributed by atoms with E-state index in [1.54, 1.807) is 6.20 Å². The highest BCUT2D eigenvalue weighted by Gasteiger charge is 2.15. The van der Waals surface area contributed by atoms with E-state index >= 15 is 0 Å². The van der Waals surface area contributed by atoms with E-state index in [0.717, 1.165) is 33.8 Å². The Morgan fingerprint density at radius 1 is 1.29 bits per heavy atom. The molecule has 3 rings (SSSR count). The summed E-state index contributed by atoms with van der Waals surface area (Å²) in [5, 5.41) is 21.4. The summed E-state index contributed by atoms with van der Waals surface area (Å²) in [5.41, 5.74) is 5.01. The first-order valence-electron chi connectivity index (χ1n) is 7.94. The summed E-state index contributed by atoms with van der Waals surface area (Å²) in [6, 6.07) is 9.80. The van der Waals surface area contributed by atoms with Gasteiger partial charge < -0.3 is 14.9 Å². The van der Waals surface area contributed by atoms with Gasteiger partial charge in [-0.2, -0.15) is 5.10 Å². The van der Waals surface area contributed by atoms with Crippen LogP contribution < -0.4 is 5.32 Å². The molecule has 2 heterocycles. The third kappa shape index (κ3) is 3.25. The highest BCUT2D eigenvalue weighted by Crippen LogP contribution is 2.23. The zero-order valence-electron chi connectivity index (χ0n) is 14.2. The predicted octanol–water partition coefficient (Wildman–Crippen LogP) is 2.52. The molecule has 0 bridgehead atoms. The average Bonchev–Trinajstić information content (AvgIpc) is 3.17. The summed E-state index contributed by atoms with van der Waals surface area (Å²) in [7, 11) is 1.90. The number of aliphatic hydroxyl groups excluding tert-OH is 1. The van der Waals surface area contributed by atoms with Crippen LogP contribution in [0.5, 0.6) is 0 Å². The van der Waals surface area contributed by atoms with Crippen LogP contribution >= 0.6 is 0 Å². The number of nitrogens with one attached hydrogen (secondary N) is 1. The number of nitrogens with zero attached hydrogens (tertiary/aromatic N) is 3. The molecular weight excluding hydrogens is 304 g/mol. The second-order valence-corrected chi connectivity index (χ2v) is 5.92. The third-order valence-electron chi connectivity index (χ3n) is 4.34. The van der Waals surface area contributed by atoms with Gasteiger partial charge in [0.1, 0.15) is 5.69 Å². The number of aryl methyl sites for hydroxylation is 2. The minimum absolute atomic E-state index is 0.0214. The molecule has 0 aliphatic carbocycles. The Labute approximate surface area is 141 Å². The Morgan fingerprint density at radius 2 is 2.08 bits per heavy atom. The van der Waals surface area contributed by atoms with Crippen molar-refractivity contribution in [1.82, 2.24) is 20.3 Å². The molecule has 0 saturated heterocycles. The van der Waals surface area contributed by atoms with Crippen molar-refractivity contribution in [2.24, 2.45) is 7.05 Å². The van der Waals surface area contributed by atoms with Crippen molar-refractivity contribution in [2.45, 2.75) is 26.4 Å². The summed E-state index contributed by atoms with van der Waals surface area (Å²) >= 11 is 0. The highest BCUT2D eigenvalue weighted by atomic mass is 16.5. The minimum atomic E-state index is -0.139. The Morgan fingerprint density at radius 3 is 2.75 bits per heavy atom. The molecule has 1 atom stereocenters. The zero-order valence-corrected chi connectivity index (χ0v) is 14.2. The van der Waals surface area contributed by atoms with Crippen LogP contribution in [0.15, 0.2) is 41.1 Å².